The van der Waals surface area contributed by atoms with E-state index in [1.54, 1.807) is 7.11 Å². The van der Waals surface area contributed by atoms with E-state index >= 15 is 0 Å². The van der Waals surface area contributed by atoms with E-state index in [-0.39, 0.29) is 18.6 Å². The highest BCUT2D eigenvalue weighted by Crippen LogP contribution is 2.26. The summed E-state index contributed by atoms with van der Waals surface area (Å²) in [5, 5.41) is 11.7. The summed E-state index contributed by atoms with van der Waals surface area (Å²) in [6.07, 6.45) is 1.64. The van der Waals surface area contributed by atoms with E-state index in [9.17, 15) is 4.79 Å². The third kappa shape index (κ3) is 4.04. The number of rotatable bonds is 7. The molecule has 0 spiro atoms. The van der Waals surface area contributed by atoms with Gasteiger partial charge in [-0.15, -0.1) is 0 Å². The van der Waals surface area contributed by atoms with Crippen LogP contribution in [0.4, 0.5) is 0 Å². The van der Waals surface area contributed by atoms with Gasteiger partial charge >= 0.3 is 0 Å². The second-order valence-electron chi connectivity index (χ2n) is 4.10. The summed E-state index contributed by atoms with van der Waals surface area (Å²) >= 11 is 0. The maximum atomic E-state index is 11.7. The Morgan fingerprint density at radius 3 is 2.78 bits per heavy atom. The zero-order chi connectivity index (χ0) is 13.4. The molecule has 0 aromatic heterocycles. The number of carbonyl (C=O) groups is 1. The van der Waals surface area contributed by atoms with Gasteiger partial charge in [0.15, 0.2) is 0 Å². The third-order valence-electron chi connectivity index (χ3n) is 2.82. The summed E-state index contributed by atoms with van der Waals surface area (Å²) < 4.78 is 5.30. The van der Waals surface area contributed by atoms with Crippen LogP contribution in [0.5, 0.6) is 5.75 Å². The fraction of sp³-hybridized carbons (Fsp3) is 0.500. The van der Waals surface area contributed by atoms with E-state index in [4.69, 9.17) is 9.84 Å². The minimum Gasteiger partial charge on any atom is -0.496 e. The van der Waals surface area contributed by atoms with E-state index in [1.807, 2.05) is 31.2 Å². The molecule has 4 nitrogen and oxygen atoms in total. The van der Waals surface area contributed by atoms with E-state index in [0.29, 0.717) is 12.8 Å². The molecule has 0 heterocycles. The third-order valence-corrected chi connectivity index (χ3v) is 2.82. The molecule has 2 N–H and O–H groups in total. The predicted molar refractivity (Wildman–Crippen MR) is 70.5 cm³/mol. The molecule has 1 amide bonds. The number of methoxy groups -OCH3 is 1. The molecule has 1 atom stereocenters. The van der Waals surface area contributed by atoms with Gasteiger partial charge < -0.3 is 15.2 Å². The summed E-state index contributed by atoms with van der Waals surface area (Å²) in [5.74, 6) is 0.744. The van der Waals surface area contributed by atoms with Crippen LogP contribution in [0.3, 0.4) is 0 Å². The van der Waals surface area contributed by atoms with Crippen LogP contribution in [0.15, 0.2) is 24.3 Å². The maximum Gasteiger partial charge on any atom is 0.220 e. The number of hydrogen-bond donors (Lipinski definition) is 2. The van der Waals surface area contributed by atoms with E-state index in [1.165, 1.54) is 0 Å². The maximum absolute atomic E-state index is 11.7. The molecule has 0 saturated carbocycles. The summed E-state index contributed by atoms with van der Waals surface area (Å²) in [6, 6.07) is 7.63. The van der Waals surface area contributed by atoms with Gasteiger partial charge in [0.25, 0.3) is 0 Å². The Bertz CT molecular complexity index is 379. The van der Waals surface area contributed by atoms with Crippen LogP contribution in [-0.4, -0.2) is 24.7 Å². The molecule has 0 saturated heterocycles. The first-order valence-corrected chi connectivity index (χ1v) is 6.26. The van der Waals surface area contributed by atoms with Crippen molar-refractivity contribution in [1.82, 2.24) is 5.32 Å². The Morgan fingerprint density at radius 2 is 2.17 bits per heavy atom. The van der Waals surface area contributed by atoms with Gasteiger partial charge in [-0.05, 0) is 18.9 Å². The Morgan fingerprint density at radius 1 is 1.44 bits per heavy atom. The highest BCUT2D eigenvalue weighted by Gasteiger charge is 2.15. The fourth-order valence-electron chi connectivity index (χ4n) is 1.86. The van der Waals surface area contributed by atoms with Crippen LogP contribution >= 0.6 is 0 Å². The first-order chi connectivity index (χ1) is 8.72. The van der Waals surface area contributed by atoms with Crippen LogP contribution in [0.25, 0.3) is 0 Å². The molecular formula is C14H21NO3. The van der Waals surface area contributed by atoms with E-state index in [2.05, 4.69) is 5.32 Å². The van der Waals surface area contributed by atoms with Crippen LogP contribution in [0.1, 0.15) is 37.8 Å². The van der Waals surface area contributed by atoms with Crippen molar-refractivity contribution in [3.05, 3.63) is 29.8 Å². The van der Waals surface area contributed by atoms with Gasteiger partial charge in [0.2, 0.25) is 5.91 Å². The fourth-order valence-corrected chi connectivity index (χ4v) is 1.86. The SMILES string of the molecule is CCC(NC(=O)CCCO)c1ccccc1OC. The van der Waals surface area contributed by atoms with Gasteiger partial charge in [0.1, 0.15) is 5.75 Å². The van der Waals surface area contributed by atoms with Crippen molar-refractivity contribution < 1.29 is 14.6 Å². The molecule has 0 aliphatic rings. The lowest BCUT2D eigenvalue weighted by atomic mass is 10.0. The molecule has 0 aliphatic carbocycles. The normalized spacial score (nSPS) is 11.9. The zero-order valence-corrected chi connectivity index (χ0v) is 11.0. The number of carbonyl (C=O) groups excluding carboxylic acids is 1. The number of para-hydroxylation sites is 1. The molecule has 1 aromatic rings. The van der Waals surface area contributed by atoms with Crippen molar-refractivity contribution in [3.8, 4) is 5.75 Å². The topological polar surface area (TPSA) is 58.6 Å². The Balaban J connectivity index is 2.73. The van der Waals surface area contributed by atoms with Crippen molar-refractivity contribution in [2.75, 3.05) is 13.7 Å². The molecule has 4 heteroatoms. The number of benzene rings is 1. The van der Waals surface area contributed by atoms with Crippen molar-refractivity contribution in [2.45, 2.75) is 32.2 Å². The molecule has 18 heavy (non-hydrogen) atoms. The van der Waals surface area contributed by atoms with Gasteiger partial charge in [-0.25, -0.2) is 0 Å². The van der Waals surface area contributed by atoms with Crippen LogP contribution in [-0.2, 0) is 4.79 Å². The smallest absolute Gasteiger partial charge is 0.220 e. The van der Waals surface area contributed by atoms with Crippen molar-refractivity contribution in [3.63, 3.8) is 0 Å². The molecule has 0 fully saturated rings. The van der Waals surface area contributed by atoms with Crippen molar-refractivity contribution in [2.24, 2.45) is 0 Å². The standard InChI is InChI=1S/C14H21NO3/c1-3-12(15-14(17)9-6-10-16)11-7-4-5-8-13(11)18-2/h4-5,7-8,12,16H,3,6,9-10H2,1-2H3,(H,15,17). The minimum absolute atomic E-state index is 0.0400. The summed E-state index contributed by atoms with van der Waals surface area (Å²) in [5.41, 5.74) is 0.986. The second kappa shape index (κ2) is 7.71. The molecule has 0 radical (unpaired) electrons. The molecule has 1 aromatic carbocycles. The first kappa shape index (κ1) is 14.5. The minimum atomic E-state index is -0.0488. The Kier molecular flexibility index (Phi) is 6.22. The van der Waals surface area contributed by atoms with Gasteiger partial charge in [-0.1, -0.05) is 25.1 Å². The van der Waals surface area contributed by atoms with Crippen LogP contribution < -0.4 is 10.1 Å². The largest absolute Gasteiger partial charge is 0.496 e. The molecule has 1 rings (SSSR count). The average molecular weight is 251 g/mol. The first-order valence-electron chi connectivity index (χ1n) is 6.26. The summed E-state index contributed by atoms with van der Waals surface area (Å²) in [4.78, 5) is 11.7. The molecule has 0 bridgehead atoms. The van der Waals surface area contributed by atoms with Crippen molar-refractivity contribution >= 4 is 5.91 Å². The van der Waals surface area contributed by atoms with Gasteiger partial charge in [-0.3, -0.25) is 4.79 Å². The lowest BCUT2D eigenvalue weighted by molar-refractivity contribution is -0.122. The number of aliphatic hydroxyl groups is 1. The van der Waals surface area contributed by atoms with Crippen LogP contribution in [0.2, 0.25) is 0 Å². The van der Waals surface area contributed by atoms with E-state index < -0.39 is 0 Å². The molecule has 0 aliphatic heterocycles. The Hall–Kier alpha value is -1.55. The Labute approximate surface area is 108 Å². The lowest BCUT2D eigenvalue weighted by Crippen LogP contribution is -2.28. The monoisotopic (exact) mass is 251 g/mol. The molecule has 100 valence electrons. The zero-order valence-electron chi connectivity index (χ0n) is 11.0. The highest BCUT2D eigenvalue weighted by molar-refractivity contribution is 5.76. The number of ether oxygens (including phenoxy) is 1. The molecule has 1 unspecified atom stereocenters. The predicted octanol–water partition coefficient (Wildman–Crippen LogP) is 2.04. The highest BCUT2D eigenvalue weighted by atomic mass is 16.5. The average Bonchev–Trinajstić information content (AvgIpc) is 2.42. The number of amides is 1. The van der Waals surface area contributed by atoms with Gasteiger partial charge in [0, 0.05) is 18.6 Å². The van der Waals surface area contributed by atoms with Gasteiger partial charge in [-0.2, -0.15) is 0 Å². The lowest BCUT2D eigenvalue weighted by Gasteiger charge is -2.19. The number of nitrogens with one attached hydrogen (secondary N) is 1. The van der Waals surface area contributed by atoms with Crippen molar-refractivity contribution in [1.29, 1.82) is 0 Å². The van der Waals surface area contributed by atoms with Crippen LogP contribution in [0, 0.1) is 0 Å². The quantitative estimate of drug-likeness (QED) is 0.779. The summed E-state index contributed by atoms with van der Waals surface area (Å²) in [6.45, 7) is 2.06. The summed E-state index contributed by atoms with van der Waals surface area (Å²) in [7, 11) is 1.62. The molecular weight excluding hydrogens is 230 g/mol. The van der Waals surface area contributed by atoms with E-state index in [0.717, 1.165) is 17.7 Å². The second-order valence-corrected chi connectivity index (χ2v) is 4.10. The number of hydrogen-bond acceptors (Lipinski definition) is 3. The number of aliphatic hydroxyl groups excluding tert-OH is 1. The van der Waals surface area contributed by atoms with Gasteiger partial charge in [0.05, 0.1) is 13.2 Å².